The van der Waals surface area contributed by atoms with E-state index in [0.717, 1.165) is 5.56 Å². The molecule has 1 aliphatic heterocycles. The molecule has 0 N–H and O–H groups in total. The monoisotopic (exact) mass is 301 g/mol. The second kappa shape index (κ2) is 5.79. The van der Waals surface area contributed by atoms with Crippen molar-refractivity contribution < 1.29 is 14.1 Å². The second-order valence-corrected chi connectivity index (χ2v) is 5.75. The number of ether oxygens (including phenoxy) is 1. The number of amides is 1. The Morgan fingerprint density at radius 1 is 1.36 bits per heavy atom. The van der Waals surface area contributed by atoms with Gasteiger partial charge >= 0.3 is 0 Å². The third kappa shape index (κ3) is 2.56. The summed E-state index contributed by atoms with van der Waals surface area (Å²) in [4.78, 5) is 18.1. The minimum atomic E-state index is 0.0211. The standard InChI is InChI=1S/C16H19N3O3/c1-10(2)16(20)19-8-11(9-19)15-17-14(18-22-15)12-6-4-5-7-13(12)21-3/h4-7,10-11H,8-9H2,1-3H3. The molecule has 0 aliphatic carbocycles. The van der Waals surface area contributed by atoms with Crippen molar-refractivity contribution >= 4 is 5.91 Å². The van der Waals surface area contributed by atoms with E-state index in [-0.39, 0.29) is 17.7 Å². The molecule has 1 fully saturated rings. The molecule has 116 valence electrons. The number of para-hydroxylation sites is 1. The van der Waals surface area contributed by atoms with E-state index in [2.05, 4.69) is 10.1 Å². The number of rotatable bonds is 4. The van der Waals surface area contributed by atoms with Gasteiger partial charge < -0.3 is 14.2 Å². The topological polar surface area (TPSA) is 68.5 Å². The van der Waals surface area contributed by atoms with E-state index in [0.29, 0.717) is 30.6 Å². The van der Waals surface area contributed by atoms with Gasteiger partial charge in [0.1, 0.15) is 5.75 Å². The van der Waals surface area contributed by atoms with Crippen LogP contribution < -0.4 is 4.74 Å². The van der Waals surface area contributed by atoms with Crippen LogP contribution >= 0.6 is 0 Å². The van der Waals surface area contributed by atoms with Gasteiger partial charge in [0.25, 0.3) is 0 Å². The maximum absolute atomic E-state index is 11.9. The maximum atomic E-state index is 11.9. The molecule has 6 nitrogen and oxygen atoms in total. The number of carbonyl (C=O) groups is 1. The first-order valence-corrected chi connectivity index (χ1v) is 7.36. The zero-order chi connectivity index (χ0) is 15.7. The summed E-state index contributed by atoms with van der Waals surface area (Å²) in [5.74, 6) is 2.11. The fraction of sp³-hybridized carbons (Fsp3) is 0.438. The van der Waals surface area contributed by atoms with E-state index in [4.69, 9.17) is 9.26 Å². The highest BCUT2D eigenvalue weighted by Crippen LogP contribution is 2.31. The van der Waals surface area contributed by atoms with Crippen molar-refractivity contribution in [1.82, 2.24) is 15.0 Å². The van der Waals surface area contributed by atoms with Gasteiger partial charge in [-0.15, -0.1) is 0 Å². The number of likely N-dealkylation sites (tertiary alicyclic amines) is 1. The number of hydrogen-bond acceptors (Lipinski definition) is 5. The largest absolute Gasteiger partial charge is 0.496 e. The lowest BCUT2D eigenvalue weighted by molar-refractivity contribution is -0.139. The molecule has 0 unspecified atom stereocenters. The van der Waals surface area contributed by atoms with Gasteiger partial charge in [-0.05, 0) is 12.1 Å². The highest BCUT2D eigenvalue weighted by molar-refractivity contribution is 5.79. The lowest BCUT2D eigenvalue weighted by Gasteiger charge is -2.38. The lowest BCUT2D eigenvalue weighted by Crippen LogP contribution is -2.50. The molecule has 0 atom stereocenters. The average molecular weight is 301 g/mol. The summed E-state index contributed by atoms with van der Waals surface area (Å²) in [5.41, 5.74) is 0.800. The Labute approximate surface area is 129 Å². The summed E-state index contributed by atoms with van der Waals surface area (Å²) < 4.78 is 10.7. The Morgan fingerprint density at radius 2 is 2.09 bits per heavy atom. The van der Waals surface area contributed by atoms with Gasteiger partial charge in [-0.2, -0.15) is 4.98 Å². The normalized spacial score (nSPS) is 15.0. The molecule has 1 aliphatic rings. The Hall–Kier alpha value is -2.37. The molecule has 2 aromatic rings. The molecule has 3 rings (SSSR count). The molecule has 1 saturated heterocycles. The molecule has 0 spiro atoms. The molecule has 2 heterocycles. The Bertz CT molecular complexity index is 675. The summed E-state index contributed by atoms with van der Waals surface area (Å²) in [6, 6.07) is 7.55. The second-order valence-electron chi connectivity index (χ2n) is 5.75. The van der Waals surface area contributed by atoms with E-state index >= 15 is 0 Å². The molecule has 1 aromatic carbocycles. The Kier molecular flexibility index (Phi) is 3.83. The highest BCUT2D eigenvalue weighted by Gasteiger charge is 2.36. The number of aromatic nitrogens is 2. The number of nitrogens with zero attached hydrogens (tertiary/aromatic N) is 3. The van der Waals surface area contributed by atoms with Gasteiger partial charge in [0.15, 0.2) is 0 Å². The van der Waals surface area contributed by atoms with Gasteiger partial charge in [0.2, 0.25) is 17.6 Å². The molecule has 22 heavy (non-hydrogen) atoms. The zero-order valence-corrected chi connectivity index (χ0v) is 12.9. The first-order valence-electron chi connectivity index (χ1n) is 7.36. The van der Waals surface area contributed by atoms with Crippen LogP contribution in [0.1, 0.15) is 25.7 Å². The van der Waals surface area contributed by atoms with Crippen molar-refractivity contribution in [2.45, 2.75) is 19.8 Å². The Morgan fingerprint density at radius 3 is 2.77 bits per heavy atom. The third-order valence-electron chi connectivity index (χ3n) is 3.83. The van der Waals surface area contributed by atoms with Gasteiger partial charge in [0, 0.05) is 19.0 Å². The fourth-order valence-electron chi connectivity index (χ4n) is 2.52. The first-order chi connectivity index (χ1) is 10.6. The smallest absolute Gasteiger partial charge is 0.233 e. The van der Waals surface area contributed by atoms with E-state index in [1.807, 2.05) is 43.0 Å². The van der Waals surface area contributed by atoms with Crippen LogP contribution in [0.25, 0.3) is 11.4 Å². The van der Waals surface area contributed by atoms with Crippen LogP contribution in [0.3, 0.4) is 0 Å². The molecular weight excluding hydrogens is 282 g/mol. The summed E-state index contributed by atoms with van der Waals surface area (Å²) >= 11 is 0. The summed E-state index contributed by atoms with van der Waals surface area (Å²) in [7, 11) is 1.61. The lowest BCUT2D eigenvalue weighted by atomic mass is 9.98. The predicted octanol–water partition coefficient (Wildman–Crippen LogP) is 2.33. The number of methoxy groups -OCH3 is 1. The van der Waals surface area contributed by atoms with Crippen molar-refractivity contribution in [3.63, 3.8) is 0 Å². The molecule has 0 radical (unpaired) electrons. The zero-order valence-electron chi connectivity index (χ0n) is 12.9. The van der Waals surface area contributed by atoms with E-state index in [9.17, 15) is 4.79 Å². The molecule has 1 aromatic heterocycles. The summed E-state index contributed by atoms with van der Waals surface area (Å²) in [6.07, 6.45) is 0. The van der Waals surface area contributed by atoms with Crippen LogP contribution in [0.4, 0.5) is 0 Å². The summed E-state index contributed by atoms with van der Waals surface area (Å²) in [5, 5.41) is 4.03. The fourth-order valence-corrected chi connectivity index (χ4v) is 2.52. The van der Waals surface area contributed by atoms with E-state index < -0.39 is 0 Å². The maximum Gasteiger partial charge on any atom is 0.233 e. The van der Waals surface area contributed by atoms with Crippen molar-refractivity contribution in [2.24, 2.45) is 5.92 Å². The molecule has 1 amide bonds. The van der Waals surface area contributed by atoms with Gasteiger partial charge in [-0.25, -0.2) is 0 Å². The molecule has 0 saturated carbocycles. The van der Waals surface area contributed by atoms with Crippen LogP contribution in [0.2, 0.25) is 0 Å². The van der Waals surface area contributed by atoms with Crippen molar-refractivity contribution in [3.8, 4) is 17.1 Å². The van der Waals surface area contributed by atoms with Gasteiger partial charge in [-0.3, -0.25) is 4.79 Å². The van der Waals surface area contributed by atoms with E-state index in [1.54, 1.807) is 7.11 Å². The minimum Gasteiger partial charge on any atom is -0.496 e. The van der Waals surface area contributed by atoms with Crippen LogP contribution in [-0.4, -0.2) is 41.1 Å². The predicted molar refractivity (Wildman–Crippen MR) is 80.4 cm³/mol. The van der Waals surface area contributed by atoms with Crippen molar-refractivity contribution in [2.75, 3.05) is 20.2 Å². The number of hydrogen-bond donors (Lipinski definition) is 0. The van der Waals surface area contributed by atoms with Crippen LogP contribution in [-0.2, 0) is 4.79 Å². The van der Waals surface area contributed by atoms with Gasteiger partial charge in [-0.1, -0.05) is 31.1 Å². The third-order valence-corrected chi connectivity index (χ3v) is 3.83. The van der Waals surface area contributed by atoms with Crippen LogP contribution in [0.15, 0.2) is 28.8 Å². The molecule has 0 bridgehead atoms. The van der Waals surface area contributed by atoms with Crippen LogP contribution in [0.5, 0.6) is 5.75 Å². The van der Waals surface area contributed by atoms with Gasteiger partial charge in [0.05, 0.1) is 18.6 Å². The average Bonchev–Trinajstić information content (AvgIpc) is 2.94. The first kappa shape index (κ1) is 14.6. The quantitative estimate of drug-likeness (QED) is 0.867. The number of carbonyl (C=O) groups excluding carboxylic acids is 1. The number of benzene rings is 1. The minimum absolute atomic E-state index is 0.0211. The molecule has 6 heteroatoms. The SMILES string of the molecule is COc1ccccc1-c1noc(C2CN(C(=O)C(C)C)C2)n1. The van der Waals surface area contributed by atoms with Crippen molar-refractivity contribution in [3.05, 3.63) is 30.2 Å². The highest BCUT2D eigenvalue weighted by atomic mass is 16.5. The molecular formula is C16H19N3O3. The summed E-state index contributed by atoms with van der Waals surface area (Å²) in [6.45, 7) is 5.10. The van der Waals surface area contributed by atoms with E-state index in [1.165, 1.54) is 0 Å². The Balaban J connectivity index is 1.72. The van der Waals surface area contributed by atoms with Crippen molar-refractivity contribution in [1.29, 1.82) is 0 Å². The van der Waals surface area contributed by atoms with Crippen LogP contribution in [0, 0.1) is 5.92 Å².